The molecule has 0 aromatic heterocycles. The molecule has 2 rings (SSSR count). The zero-order chi connectivity index (χ0) is 15.1. The maximum absolute atomic E-state index is 6.75. The van der Waals surface area contributed by atoms with Gasteiger partial charge in [0.05, 0.1) is 0 Å². The van der Waals surface area contributed by atoms with Gasteiger partial charge in [-0.3, -0.25) is 0 Å². The average molecular weight is 287 g/mol. The Kier molecular flexibility index (Phi) is 6.29. The molecule has 0 saturated heterocycles. The monoisotopic (exact) mass is 287 g/mol. The minimum atomic E-state index is 0.111. The smallest absolute Gasteiger partial charge is 0.0157 e. The molecule has 0 spiro atoms. The topological polar surface area (TPSA) is 26.0 Å². The van der Waals surface area contributed by atoms with Gasteiger partial charge >= 0.3 is 0 Å². The summed E-state index contributed by atoms with van der Waals surface area (Å²) in [4.78, 5) is 0. The lowest BCUT2D eigenvalue weighted by atomic mass is 9.70. The van der Waals surface area contributed by atoms with Crippen LogP contribution in [0.5, 0.6) is 0 Å². The lowest BCUT2D eigenvalue weighted by Gasteiger charge is -2.39. The van der Waals surface area contributed by atoms with Gasteiger partial charge in [0.1, 0.15) is 0 Å². The second kappa shape index (κ2) is 7.98. The highest BCUT2D eigenvalue weighted by Gasteiger charge is 2.33. The van der Waals surface area contributed by atoms with Gasteiger partial charge in [-0.15, -0.1) is 0 Å². The summed E-state index contributed by atoms with van der Waals surface area (Å²) in [5.74, 6) is 1.57. The number of nitrogens with two attached hydrogens (primary N) is 1. The van der Waals surface area contributed by atoms with Crippen molar-refractivity contribution in [3.05, 3.63) is 35.9 Å². The minimum absolute atomic E-state index is 0.111. The first-order valence-electron chi connectivity index (χ1n) is 9.00. The third-order valence-corrected chi connectivity index (χ3v) is 5.49. The van der Waals surface area contributed by atoms with Gasteiger partial charge in [-0.05, 0) is 49.5 Å². The molecule has 1 aliphatic rings. The van der Waals surface area contributed by atoms with Crippen LogP contribution in [0.3, 0.4) is 0 Å². The SMILES string of the molecule is CCCCC(CC)CC1(N)CCC(c2ccccc2)CC1. The van der Waals surface area contributed by atoms with E-state index >= 15 is 0 Å². The average Bonchev–Trinajstić information content (AvgIpc) is 2.53. The van der Waals surface area contributed by atoms with Crippen molar-refractivity contribution in [3.8, 4) is 0 Å². The highest BCUT2D eigenvalue weighted by atomic mass is 14.7. The van der Waals surface area contributed by atoms with Crippen LogP contribution >= 0.6 is 0 Å². The fourth-order valence-electron chi connectivity index (χ4n) is 3.97. The van der Waals surface area contributed by atoms with Gasteiger partial charge in [0, 0.05) is 5.54 Å². The van der Waals surface area contributed by atoms with Gasteiger partial charge in [0.25, 0.3) is 0 Å². The molecular weight excluding hydrogens is 254 g/mol. The molecule has 1 nitrogen and oxygen atoms in total. The predicted molar refractivity (Wildman–Crippen MR) is 92.5 cm³/mol. The van der Waals surface area contributed by atoms with Gasteiger partial charge in [-0.25, -0.2) is 0 Å². The van der Waals surface area contributed by atoms with E-state index in [2.05, 4.69) is 44.2 Å². The Hall–Kier alpha value is -0.820. The zero-order valence-electron chi connectivity index (χ0n) is 14.0. The Labute approximate surface area is 131 Å². The third-order valence-electron chi connectivity index (χ3n) is 5.49. The van der Waals surface area contributed by atoms with Crippen molar-refractivity contribution in [3.63, 3.8) is 0 Å². The van der Waals surface area contributed by atoms with E-state index in [1.54, 1.807) is 0 Å². The van der Waals surface area contributed by atoms with E-state index in [1.807, 2.05) is 0 Å². The van der Waals surface area contributed by atoms with E-state index < -0.39 is 0 Å². The second-order valence-corrected chi connectivity index (χ2v) is 7.17. The van der Waals surface area contributed by atoms with Gasteiger partial charge < -0.3 is 5.73 Å². The highest BCUT2D eigenvalue weighted by molar-refractivity contribution is 5.20. The van der Waals surface area contributed by atoms with E-state index in [1.165, 1.54) is 63.4 Å². The summed E-state index contributed by atoms with van der Waals surface area (Å²) in [7, 11) is 0. The normalized spacial score (nSPS) is 27.5. The third kappa shape index (κ3) is 4.85. The number of hydrogen-bond donors (Lipinski definition) is 1. The molecule has 1 fully saturated rings. The van der Waals surface area contributed by atoms with E-state index in [-0.39, 0.29) is 5.54 Å². The van der Waals surface area contributed by atoms with Crippen molar-refractivity contribution in [2.75, 3.05) is 0 Å². The van der Waals surface area contributed by atoms with Crippen LogP contribution in [0, 0.1) is 5.92 Å². The summed E-state index contributed by atoms with van der Waals surface area (Å²) < 4.78 is 0. The van der Waals surface area contributed by atoms with E-state index in [0.29, 0.717) is 0 Å². The molecule has 1 unspecified atom stereocenters. The Bertz CT molecular complexity index is 390. The lowest BCUT2D eigenvalue weighted by Crippen LogP contribution is -2.44. The lowest BCUT2D eigenvalue weighted by molar-refractivity contribution is 0.212. The first-order valence-corrected chi connectivity index (χ1v) is 9.00. The molecule has 0 radical (unpaired) electrons. The molecule has 1 aromatic rings. The summed E-state index contributed by atoms with van der Waals surface area (Å²) >= 11 is 0. The molecule has 0 heterocycles. The summed E-state index contributed by atoms with van der Waals surface area (Å²) in [6.07, 6.45) is 11.5. The molecule has 0 bridgehead atoms. The maximum Gasteiger partial charge on any atom is 0.0157 e. The van der Waals surface area contributed by atoms with Gasteiger partial charge in [-0.1, -0.05) is 69.9 Å². The molecular formula is C20H33N. The molecule has 0 amide bonds. The van der Waals surface area contributed by atoms with E-state index in [0.717, 1.165) is 11.8 Å². The first kappa shape index (κ1) is 16.5. The fourth-order valence-corrected chi connectivity index (χ4v) is 3.97. The van der Waals surface area contributed by atoms with Crippen LogP contribution in [0.15, 0.2) is 30.3 Å². The molecule has 1 aliphatic carbocycles. The van der Waals surface area contributed by atoms with Crippen LogP contribution in [0.2, 0.25) is 0 Å². The van der Waals surface area contributed by atoms with Crippen molar-refractivity contribution in [2.24, 2.45) is 11.7 Å². The van der Waals surface area contributed by atoms with E-state index in [4.69, 9.17) is 5.73 Å². The molecule has 1 aromatic carbocycles. The van der Waals surface area contributed by atoms with Gasteiger partial charge in [0.15, 0.2) is 0 Å². The van der Waals surface area contributed by atoms with Gasteiger partial charge in [-0.2, -0.15) is 0 Å². The largest absolute Gasteiger partial charge is 0.325 e. The van der Waals surface area contributed by atoms with Crippen molar-refractivity contribution in [1.29, 1.82) is 0 Å². The van der Waals surface area contributed by atoms with Crippen molar-refractivity contribution in [1.82, 2.24) is 0 Å². The Morgan fingerprint density at radius 3 is 2.38 bits per heavy atom. The minimum Gasteiger partial charge on any atom is -0.325 e. The zero-order valence-corrected chi connectivity index (χ0v) is 14.0. The van der Waals surface area contributed by atoms with Crippen molar-refractivity contribution >= 4 is 0 Å². The van der Waals surface area contributed by atoms with Crippen LogP contribution in [0.25, 0.3) is 0 Å². The summed E-state index contributed by atoms with van der Waals surface area (Å²) in [5, 5.41) is 0. The number of benzene rings is 1. The fraction of sp³-hybridized carbons (Fsp3) is 0.700. The number of unbranched alkanes of at least 4 members (excludes halogenated alkanes) is 1. The van der Waals surface area contributed by atoms with Crippen LogP contribution in [-0.4, -0.2) is 5.54 Å². The van der Waals surface area contributed by atoms with Crippen LogP contribution in [0.1, 0.15) is 83.1 Å². The number of hydrogen-bond acceptors (Lipinski definition) is 1. The number of rotatable bonds is 7. The molecule has 1 heteroatoms. The molecule has 0 aliphatic heterocycles. The summed E-state index contributed by atoms with van der Waals surface area (Å²) in [5.41, 5.74) is 8.37. The van der Waals surface area contributed by atoms with Crippen molar-refractivity contribution in [2.45, 2.75) is 83.1 Å². The van der Waals surface area contributed by atoms with Crippen LogP contribution < -0.4 is 5.73 Å². The molecule has 1 saturated carbocycles. The van der Waals surface area contributed by atoms with E-state index in [9.17, 15) is 0 Å². The first-order chi connectivity index (χ1) is 10.2. The predicted octanol–water partition coefficient (Wildman–Crippen LogP) is 5.65. The molecule has 1 atom stereocenters. The quantitative estimate of drug-likeness (QED) is 0.689. The van der Waals surface area contributed by atoms with Crippen LogP contribution in [-0.2, 0) is 0 Å². The molecule has 21 heavy (non-hydrogen) atoms. The second-order valence-electron chi connectivity index (χ2n) is 7.17. The highest BCUT2D eigenvalue weighted by Crippen LogP contribution is 2.40. The summed E-state index contributed by atoms with van der Waals surface area (Å²) in [6.45, 7) is 4.62. The Morgan fingerprint density at radius 1 is 1.14 bits per heavy atom. The Morgan fingerprint density at radius 2 is 1.81 bits per heavy atom. The molecule has 118 valence electrons. The molecule has 2 N–H and O–H groups in total. The summed E-state index contributed by atoms with van der Waals surface area (Å²) in [6, 6.07) is 11.0. The standard InChI is InChI=1S/C20H33N/c1-3-5-9-17(4-2)16-20(21)14-12-19(13-15-20)18-10-7-6-8-11-18/h6-8,10-11,17,19H,3-5,9,12-16,21H2,1-2H3. The van der Waals surface area contributed by atoms with Gasteiger partial charge in [0.2, 0.25) is 0 Å². The Balaban J connectivity index is 1.86. The maximum atomic E-state index is 6.75. The van der Waals surface area contributed by atoms with Crippen LogP contribution in [0.4, 0.5) is 0 Å². The van der Waals surface area contributed by atoms with Crippen molar-refractivity contribution < 1.29 is 0 Å².